The molecule has 5 heteroatoms. The summed E-state index contributed by atoms with van der Waals surface area (Å²) in [5.74, 6) is 0.856. The molecule has 0 radical (unpaired) electrons. The van der Waals surface area contributed by atoms with E-state index in [1.807, 2.05) is 6.92 Å². The van der Waals surface area contributed by atoms with Crippen molar-refractivity contribution in [2.24, 2.45) is 0 Å². The average Bonchev–Trinajstić information content (AvgIpc) is 2.35. The van der Waals surface area contributed by atoms with Crippen molar-refractivity contribution in [1.29, 1.82) is 0 Å². The summed E-state index contributed by atoms with van der Waals surface area (Å²) in [6.07, 6.45) is 3.88. The second kappa shape index (κ2) is 5.44. The Balaban J connectivity index is 1.94. The van der Waals surface area contributed by atoms with Gasteiger partial charge in [-0.2, -0.15) is 0 Å². The van der Waals surface area contributed by atoms with Crippen LogP contribution in [0.4, 0.5) is 16.0 Å². The monoisotopic (exact) mass is 246 g/mol. The number of benzene rings is 1. The second-order valence-corrected chi connectivity index (χ2v) is 4.20. The molecule has 1 atom stereocenters. The summed E-state index contributed by atoms with van der Waals surface area (Å²) in [7, 11) is 0. The zero-order chi connectivity index (χ0) is 13.0. The number of nitrogen functional groups attached to an aromatic ring is 1. The van der Waals surface area contributed by atoms with E-state index in [0.29, 0.717) is 11.6 Å². The van der Waals surface area contributed by atoms with E-state index >= 15 is 0 Å². The van der Waals surface area contributed by atoms with Gasteiger partial charge in [-0.3, -0.25) is 0 Å². The van der Waals surface area contributed by atoms with Crippen molar-refractivity contribution in [2.75, 3.05) is 11.1 Å². The van der Waals surface area contributed by atoms with Crippen molar-refractivity contribution in [3.8, 4) is 0 Å². The van der Waals surface area contributed by atoms with Crippen LogP contribution in [0.5, 0.6) is 0 Å². The third-order valence-corrected chi connectivity index (χ3v) is 2.52. The standard InChI is InChI=1S/C13H15FN4/c1-9(6-10-2-4-11(14)5-3-10)18-13-8-16-12(15)7-17-13/h2-5,7-9H,6H2,1H3,(H2,15,16)(H,17,18). The normalized spacial score (nSPS) is 12.1. The molecule has 2 rings (SSSR count). The summed E-state index contributed by atoms with van der Waals surface area (Å²) in [4.78, 5) is 8.07. The van der Waals surface area contributed by atoms with Crippen LogP contribution in [0.15, 0.2) is 36.7 Å². The third kappa shape index (κ3) is 3.41. The van der Waals surface area contributed by atoms with E-state index in [-0.39, 0.29) is 11.9 Å². The molecule has 0 saturated carbocycles. The molecule has 3 N–H and O–H groups in total. The van der Waals surface area contributed by atoms with Crippen LogP contribution in [0.25, 0.3) is 0 Å². The Hall–Kier alpha value is -2.17. The SMILES string of the molecule is CC(Cc1ccc(F)cc1)Nc1cnc(N)cn1. The molecule has 94 valence electrons. The minimum Gasteiger partial charge on any atom is -0.382 e. The van der Waals surface area contributed by atoms with Crippen LogP contribution in [-0.2, 0) is 6.42 Å². The fourth-order valence-corrected chi connectivity index (χ4v) is 1.69. The minimum absolute atomic E-state index is 0.174. The van der Waals surface area contributed by atoms with E-state index in [9.17, 15) is 4.39 Å². The van der Waals surface area contributed by atoms with E-state index in [1.54, 1.807) is 18.3 Å². The van der Waals surface area contributed by atoms with E-state index < -0.39 is 0 Å². The lowest BCUT2D eigenvalue weighted by Gasteiger charge is -2.14. The summed E-state index contributed by atoms with van der Waals surface area (Å²) in [5.41, 5.74) is 6.53. The van der Waals surface area contributed by atoms with E-state index in [1.165, 1.54) is 18.3 Å². The number of anilines is 2. The van der Waals surface area contributed by atoms with Gasteiger partial charge in [0, 0.05) is 6.04 Å². The number of nitrogens with one attached hydrogen (secondary N) is 1. The molecule has 1 aromatic carbocycles. The fraction of sp³-hybridized carbons (Fsp3) is 0.231. The quantitative estimate of drug-likeness (QED) is 0.868. The molecule has 0 aliphatic heterocycles. The van der Waals surface area contributed by atoms with Crippen LogP contribution in [0.2, 0.25) is 0 Å². The van der Waals surface area contributed by atoms with Gasteiger partial charge in [0.1, 0.15) is 17.5 Å². The predicted molar refractivity (Wildman–Crippen MR) is 69.6 cm³/mol. The maximum absolute atomic E-state index is 12.8. The van der Waals surface area contributed by atoms with Gasteiger partial charge < -0.3 is 11.1 Å². The van der Waals surface area contributed by atoms with Gasteiger partial charge in [0.2, 0.25) is 0 Å². The molecule has 18 heavy (non-hydrogen) atoms. The maximum Gasteiger partial charge on any atom is 0.144 e. The lowest BCUT2D eigenvalue weighted by molar-refractivity contribution is 0.626. The number of hydrogen-bond donors (Lipinski definition) is 2. The molecule has 0 aliphatic rings. The third-order valence-electron chi connectivity index (χ3n) is 2.52. The van der Waals surface area contributed by atoms with E-state index in [4.69, 9.17) is 5.73 Å². The zero-order valence-corrected chi connectivity index (χ0v) is 10.1. The van der Waals surface area contributed by atoms with E-state index in [2.05, 4.69) is 15.3 Å². The van der Waals surface area contributed by atoms with Gasteiger partial charge in [0.05, 0.1) is 12.4 Å². The minimum atomic E-state index is -0.219. The van der Waals surface area contributed by atoms with Gasteiger partial charge in [-0.1, -0.05) is 12.1 Å². The highest BCUT2D eigenvalue weighted by atomic mass is 19.1. The molecule has 0 aliphatic carbocycles. The van der Waals surface area contributed by atoms with E-state index in [0.717, 1.165) is 12.0 Å². The van der Waals surface area contributed by atoms with Crippen molar-refractivity contribution in [3.05, 3.63) is 48.0 Å². The molecular formula is C13H15FN4. The molecule has 0 amide bonds. The molecule has 4 nitrogen and oxygen atoms in total. The topological polar surface area (TPSA) is 63.8 Å². The number of halogens is 1. The Labute approximate surface area is 105 Å². The Morgan fingerprint density at radius 1 is 1.22 bits per heavy atom. The molecule has 0 bridgehead atoms. The second-order valence-electron chi connectivity index (χ2n) is 4.20. The first-order chi connectivity index (χ1) is 8.63. The Morgan fingerprint density at radius 2 is 1.94 bits per heavy atom. The van der Waals surface area contributed by atoms with Crippen molar-refractivity contribution >= 4 is 11.6 Å². The maximum atomic E-state index is 12.8. The molecule has 0 saturated heterocycles. The Morgan fingerprint density at radius 3 is 2.56 bits per heavy atom. The average molecular weight is 246 g/mol. The zero-order valence-electron chi connectivity index (χ0n) is 10.1. The van der Waals surface area contributed by atoms with Gasteiger partial charge in [0.25, 0.3) is 0 Å². The van der Waals surface area contributed by atoms with Crippen LogP contribution >= 0.6 is 0 Å². The van der Waals surface area contributed by atoms with Crippen molar-refractivity contribution < 1.29 is 4.39 Å². The number of rotatable bonds is 4. The summed E-state index contributed by atoms with van der Waals surface area (Å²) in [5, 5.41) is 3.21. The van der Waals surface area contributed by atoms with Gasteiger partial charge in [-0.25, -0.2) is 14.4 Å². The highest BCUT2D eigenvalue weighted by Gasteiger charge is 2.05. The molecule has 0 fully saturated rings. The van der Waals surface area contributed by atoms with Crippen LogP contribution in [0.3, 0.4) is 0 Å². The number of nitrogens with zero attached hydrogens (tertiary/aromatic N) is 2. The number of aromatic nitrogens is 2. The summed E-state index contributed by atoms with van der Waals surface area (Å²) >= 11 is 0. The van der Waals surface area contributed by atoms with Crippen molar-refractivity contribution in [1.82, 2.24) is 9.97 Å². The summed E-state index contributed by atoms with van der Waals surface area (Å²) < 4.78 is 12.8. The predicted octanol–water partition coefficient (Wildman–Crippen LogP) is 2.24. The van der Waals surface area contributed by atoms with Crippen LogP contribution in [-0.4, -0.2) is 16.0 Å². The van der Waals surface area contributed by atoms with Crippen LogP contribution in [0, 0.1) is 5.82 Å². The molecular weight excluding hydrogens is 231 g/mol. The van der Waals surface area contributed by atoms with Gasteiger partial charge in [-0.15, -0.1) is 0 Å². The van der Waals surface area contributed by atoms with Gasteiger partial charge >= 0.3 is 0 Å². The van der Waals surface area contributed by atoms with Crippen molar-refractivity contribution in [3.63, 3.8) is 0 Å². The summed E-state index contributed by atoms with van der Waals surface area (Å²) in [6.45, 7) is 2.03. The largest absolute Gasteiger partial charge is 0.382 e. The molecule has 2 aromatic rings. The fourth-order valence-electron chi connectivity index (χ4n) is 1.69. The van der Waals surface area contributed by atoms with Crippen LogP contribution in [0.1, 0.15) is 12.5 Å². The lowest BCUT2D eigenvalue weighted by Crippen LogP contribution is -2.19. The first kappa shape index (κ1) is 12.3. The first-order valence-corrected chi connectivity index (χ1v) is 5.72. The smallest absolute Gasteiger partial charge is 0.144 e. The molecule has 1 heterocycles. The van der Waals surface area contributed by atoms with Crippen molar-refractivity contribution in [2.45, 2.75) is 19.4 Å². The first-order valence-electron chi connectivity index (χ1n) is 5.72. The molecule has 1 aromatic heterocycles. The Kier molecular flexibility index (Phi) is 3.72. The molecule has 0 spiro atoms. The highest BCUT2D eigenvalue weighted by Crippen LogP contribution is 2.09. The molecule has 1 unspecified atom stereocenters. The van der Waals surface area contributed by atoms with Crippen LogP contribution < -0.4 is 11.1 Å². The van der Waals surface area contributed by atoms with Gasteiger partial charge in [-0.05, 0) is 31.0 Å². The Bertz CT molecular complexity index is 448. The van der Waals surface area contributed by atoms with Gasteiger partial charge in [0.15, 0.2) is 0 Å². The number of nitrogens with two attached hydrogens (primary N) is 1. The number of hydrogen-bond acceptors (Lipinski definition) is 4. The summed E-state index contributed by atoms with van der Waals surface area (Å²) in [6, 6.07) is 6.66. The lowest BCUT2D eigenvalue weighted by atomic mass is 10.1. The highest BCUT2D eigenvalue weighted by molar-refractivity contribution is 5.37.